The minimum absolute atomic E-state index is 0.104. The fourth-order valence-corrected chi connectivity index (χ4v) is 4.81. The average molecular weight is 462 g/mol. The summed E-state index contributed by atoms with van der Waals surface area (Å²) in [5.74, 6) is -0.483. The molecule has 3 rings (SSSR count). The Morgan fingerprint density at radius 1 is 1.37 bits per heavy atom. The molecule has 0 fully saturated rings. The third kappa shape index (κ3) is 5.01. The molecule has 1 atom stereocenters. The molecular weight excluding hydrogens is 446 g/mol. The summed E-state index contributed by atoms with van der Waals surface area (Å²) in [7, 11) is 0. The van der Waals surface area contributed by atoms with Gasteiger partial charge in [-0.25, -0.2) is 0 Å². The molecule has 1 aliphatic heterocycles. The van der Waals surface area contributed by atoms with E-state index in [0.717, 1.165) is 14.2 Å². The number of nitrogens with zero attached hydrogens (tertiary/aromatic N) is 1. The summed E-state index contributed by atoms with van der Waals surface area (Å²) in [5, 5.41) is 15.7. The lowest BCUT2D eigenvalue weighted by Crippen LogP contribution is -2.31. The fourth-order valence-electron chi connectivity index (χ4n) is 2.68. The van der Waals surface area contributed by atoms with Crippen molar-refractivity contribution in [2.75, 3.05) is 11.1 Å². The van der Waals surface area contributed by atoms with Crippen molar-refractivity contribution in [2.45, 2.75) is 19.3 Å². The first-order valence-corrected chi connectivity index (χ1v) is 10.7. The monoisotopic (exact) mass is 461 g/mol. The highest BCUT2D eigenvalue weighted by Gasteiger charge is 2.30. The smallest absolute Gasteiger partial charge is 0.234 e. The molecule has 2 heterocycles. The topological polar surface area (TPSA) is 82.0 Å². The van der Waals surface area contributed by atoms with Crippen molar-refractivity contribution in [3.8, 4) is 6.07 Å². The van der Waals surface area contributed by atoms with Crippen LogP contribution in [0.15, 0.2) is 51.5 Å². The number of carbonyl (C=O) groups is 2. The van der Waals surface area contributed by atoms with Gasteiger partial charge in [0.15, 0.2) is 0 Å². The van der Waals surface area contributed by atoms with Crippen LogP contribution in [0.3, 0.4) is 0 Å². The zero-order valence-electron chi connectivity index (χ0n) is 14.4. The summed E-state index contributed by atoms with van der Waals surface area (Å²) < 4.78 is 0.929. The number of benzene rings is 1. The van der Waals surface area contributed by atoms with Gasteiger partial charge < -0.3 is 10.6 Å². The number of amides is 2. The lowest BCUT2D eigenvalue weighted by molar-refractivity contribution is -0.121. The average Bonchev–Trinajstić information content (AvgIpc) is 3.07. The van der Waals surface area contributed by atoms with E-state index < -0.39 is 0 Å². The standard InChI is InChI=1S/C19H16BrN3O2S2/c1-11-2-7-16(27-11)14-8-17(24)23-19(15(14)9-21)26-10-18(25)22-13-5-3-12(20)4-6-13/h2-7,14H,8,10H2,1H3,(H,22,25)(H,23,24). The van der Waals surface area contributed by atoms with Crippen LogP contribution in [0.1, 0.15) is 22.1 Å². The van der Waals surface area contributed by atoms with Gasteiger partial charge in [0, 0.05) is 32.3 Å². The highest BCUT2D eigenvalue weighted by atomic mass is 79.9. The summed E-state index contributed by atoms with van der Waals surface area (Å²) in [6.45, 7) is 1.99. The van der Waals surface area contributed by atoms with Crippen LogP contribution >= 0.6 is 39.0 Å². The summed E-state index contributed by atoms with van der Waals surface area (Å²) in [6.07, 6.45) is 0.248. The van der Waals surface area contributed by atoms with Gasteiger partial charge in [0.2, 0.25) is 11.8 Å². The highest BCUT2D eigenvalue weighted by Crippen LogP contribution is 2.38. The second-order valence-electron chi connectivity index (χ2n) is 5.95. The van der Waals surface area contributed by atoms with E-state index in [1.807, 2.05) is 31.2 Å². The van der Waals surface area contributed by atoms with Crippen molar-refractivity contribution in [2.24, 2.45) is 0 Å². The molecule has 0 saturated carbocycles. The number of anilines is 1. The first-order valence-electron chi connectivity index (χ1n) is 8.15. The minimum Gasteiger partial charge on any atom is -0.325 e. The number of nitrogens with one attached hydrogen (secondary N) is 2. The summed E-state index contributed by atoms with van der Waals surface area (Å²) in [4.78, 5) is 26.5. The quantitative estimate of drug-likeness (QED) is 0.684. The van der Waals surface area contributed by atoms with E-state index in [9.17, 15) is 14.9 Å². The third-order valence-electron chi connectivity index (χ3n) is 3.94. The Kier molecular flexibility index (Phi) is 6.37. The Morgan fingerprint density at radius 3 is 2.74 bits per heavy atom. The van der Waals surface area contributed by atoms with Crippen molar-refractivity contribution in [1.29, 1.82) is 5.26 Å². The van der Waals surface area contributed by atoms with Crippen LogP contribution in [0.2, 0.25) is 0 Å². The van der Waals surface area contributed by atoms with Crippen LogP contribution in [-0.2, 0) is 9.59 Å². The first kappa shape index (κ1) is 19.7. The van der Waals surface area contributed by atoms with Gasteiger partial charge in [0.05, 0.1) is 22.4 Å². The largest absolute Gasteiger partial charge is 0.325 e. The maximum atomic E-state index is 12.2. The molecule has 2 aromatic rings. The zero-order chi connectivity index (χ0) is 19.4. The van der Waals surface area contributed by atoms with Crippen LogP contribution in [0.25, 0.3) is 0 Å². The second-order valence-corrected chi connectivity index (χ2v) is 9.17. The van der Waals surface area contributed by atoms with Gasteiger partial charge in [-0.3, -0.25) is 9.59 Å². The molecule has 1 aromatic heterocycles. The molecule has 0 spiro atoms. The maximum Gasteiger partial charge on any atom is 0.234 e. The van der Waals surface area contributed by atoms with E-state index in [1.54, 1.807) is 23.5 Å². The number of hydrogen-bond donors (Lipinski definition) is 2. The Morgan fingerprint density at radius 2 is 2.11 bits per heavy atom. The molecule has 138 valence electrons. The highest BCUT2D eigenvalue weighted by molar-refractivity contribution is 9.10. The van der Waals surface area contributed by atoms with Gasteiger partial charge in [-0.2, -0.15) is 5.26 Å². The van der Waals surface area contributed by atoms with Crippen LogP contribution < -0.4 is 10.6 Å². The number of hydrogen-bond acceptors (Lipinski definition) is 5. The number of thioether (sulfide) groups is 1. The van der Waals surface area contributed by atoms with Gasteiger partial charge in [-0.15, -0.1) is 11.3 Å². The number of rotatable bonds is 5. The van der Waals surface area contributed by atoms with Crippen molar-refractivity contribution < 1.29 is 9.59 Å². The van der Waals surface area contributed by atoms with E-state index >= 15 is 0 Å². The van der Waals surface area contributed by atoms with Crippen molar-refractivity contribution in [3.63, 3.8) is 0 Å². The number of carbonyl (C=O) groups excluding carboxylic acids is 2. The molecule has 0 radical (unpaired) electrons. The fraction of sp³-hybridized carbons (Fsp3) is 0.211. The van der Waals surface area contributed by atoms with Gasteiger partial charge in [0.25, 0.3) is 0 Å². The van der Waals surface area contributed by atoms with Gasteiger partial charge in [-0.05, 0) is 43.3 Å². The van der Waals surface area contributed by atoms with Gasteiger partial charge in [-0.1, -0.05) is 27.7 Å². The maximum absolute atomic E-state index is 12.2. The van der Waals surface area contributed by atoms with E-state index in [-0.39, 0.29) is 29.9 Å². The Hall–Kier alpha value is -2.08. The molecular formula is C19H16BrN3O2S2. The lowest BCUT2D eigenvalue weighted by Gasteiger charge is -2.23. The van der Waals surface area contributed by atoms with Crippen molar-refractivity contribution in [1.82, 2.24) is 5.32 Å². The predicted molar refractivity (Wildman–Crippen MR) is 112 cm³/mol. The van der Waals surface area contributed by atoms with Crippen molar-refractivity contribution >= 4 is 56.5 Å². The molecule has 1 aliphatic rings. The normalized spacial score (nSPS) is 16.6. The summed E-state index contributed by atoms with van der Waals surface area (Å²) in [6, 6.07) is 13.4. The van der Waals surface area contributed by atoms with E-state index in [1.165, 1.54) is 11.8 Å². The van der Waals surface area contributed by atoms with Crippen molar-refractivity contribution in [3.05, 3.63) is 61.2 Å². The molecule has 8 heteroatoms. The molecule has 5 nitrogen and oxygen atoms in total. The number of halogens is 1. The first-order chi connectivity index (χ1) is 13.0. The Labute approximate surface area is 174 Å². The molecule has 0 saturated heterocycles. The molecule has 2 N–H and O–H groups in total. The Balaban J connectivity index is 1.72. The van der Waals surface area contributed by atoms with E-state index in [4.69, 9.17) is 0 Å². The van der Waals surface area contributed by atoms with Crippen LogP contribution in [-0.4, -0.2) is 17.6 Å². The van der Waals surface area contributed by atoms with E-state index in [0.29, 0.717) is 16.3 Å². The summed E-state index contributed by atoms with van der Waals surface area (Å²) in [5.41, 5.74) is 1.20. The van der Waals surface area contributed by atoms with Crippen LogP contribution in [0.5, 0.6) is 0 Å². The van der Waals surface area contributed by atoms with Gasteiger partial charge >= 0.3 is 0 Å². The van der Waals surface area contributed by atoms with Gasteiger partial charge in [0.1, 0.15) is 0 Å². The third-order valence-corrected chi connectivity index (χ3v) is 6.60. The zero-order valence-corrected chi connectivity index (χ0v) is 17.6. The SMILES string of the molecule is Cc1ccc(C2CC(=O)NC(SCC(=O)Nc3ccc(Br)cc3)=C2C#N)s1. The van der Waals surface area contributed by atoms with E-state index in [2.05, 4.69) is 32.6 Å². The number of aryl methyl sites for hydroxylation is 1. The molecule has 1 aromatic carbocycles. The molecule has 0 bridgehead atoms. The second kappa shape index (κ2) is 8.74. The molecule has 1 unspecified atom stereocenters. The van der Waals surface area contributed by atoms with Crippen LogP contribution in [0, 0.1) is 18.3 Å². The number of thiophene rings is 1. The van der Waals surface area contributed by atoms with Crippen LogP contribution in [0.4, 0.5) is 5.69 Å². The minimum atomic E-state index is -0.250. The number of allylic oxidation sites excluding steroid dienone is 1. The Bertz CT molecular complexity index is 945. The molecule has 2 amide bonds. The molecule has 0 aliphatic carbocycles. The number of nitriles is 1. The lowest BCUT2D eigenvalue weighted by atomic mass is 9.92. The predicted octanol–water partition coefficient (Wildman–Crippen LogP) is 4.53. The molecule has 27 heavy (non-hydrogen) atoms. The summed E-state index contributed by atoms with van der Waals surface area (Å²) >= 11 is 6.11.